The number of hydrogen-bond acceptors (Lipinski definition) is 9. The molecule has 9 nitrogen and oxygen atoms in total. The quantitative estimate of drug-likeness (QED) is 0.0888. The second-order valence-corrected chi connectivity index (χ2v) is 9.40. The van der Waals surface area contributed by atoms with E-state index in [0.717, 1.165) is 25.3 Å². The van der Waals surface area contributed by atoms with Crippen molar-refractivity contribution in [2.75, 3.05) is 6.61 Å². The van der Waals surface area contributed by atoms with E-state index in [9.17, 15) is 19.2 Å². The second-order valence-electron chi connectivity index (χ2n) is 9.40. The summed E-state index contributed by atoms with van der Waals surface area (Å²) in [4.78, 5) is 49.4. The molecule has 0 saturated heterocycles. The van der Waals surface area contributed by atoms with Gasteiger partial charge in [0, 0.05) is 13.0 Å². The van der Waals surface area contributed by atoms with E-state index in [1.807, 2.05) is 0 Å². The second kappa shape index (κ2) is 14.5. The molecule has 1 aliphatic carbocycles. The van der Waals surface area contributed by atoms with E-state index < -0.39 is 30.2 Å². The van der Waals surface area contributed by atoms with E-state index in [0.29, 0.717) is 23.8 Å². The van der Waals surface area contributed by atoms with Gasteiger partial charge in [0.1, 0.15) is 22.8 Å². The van der Waals surface area contributed by atoms with Crippen molar-refractivity contribution < 1.29 is 42.9 Å². The van der Waals surface area contributed by atoms with Gasteiger partial charge in [-0.2, -0.15) is 0 Å². The first-order valence-corrected chi connectivity index (χ1v) is 13.4. The van der Waals surface area contributed by atoms with Crippen LogP contribution in [0.4, 0.5) is 0 Å². The van der Waals surface area contributed by atoms with Crippen molar-refractivity contribution in [3.8, 4) is 17.2 Å². The number of carbonyl (C=O) groups is 4. The van der Waals surface area contributed by atoms with Crippen molar-refractivity contribution in [3.63, 3.8) is 0 Å². The minimum atomic E-state index is -0.861. The zero-order valence-electron chi connectivity index (χ0n) is 23.0. The molecule has 0 saturated carbocycles. The molecule has 42 heavy (non-hydrogen) atoms. The molecule has 0 aromatic heterocycles. The minimum Gasteiger partial charge on any atom is -0.462 e. The predicted molar refractivity (Wildman–Crippen MR) is 152 cm³/mol. The highest BCUT2D eigenvalue weighted by molar-refractivity contribution is 5.97. The summed E-state index contributed by atoms with van der Waals surface area (Å²) in [7, 11) is 0. The average molecular weight is 571 g/mol. The highest BCUT2D eigenvalue weighted by atomic mass is 16.7. The van der Waals surface area contributed by atoms with E-state index in [4.69, 9.17) is 23.7 Å². The molecule has 3 aromatic rings. The lowest BCUT2D eigenvalue weighted by Crippen LogP contribution is -2.19. The van der Waals surface area contributed by atoms with Gasteiger partial charge in [-0.05, 0) is 85.8 Å². The zero-order valence-corrected chi connectivity index (χ0v) is 23.0. The maximum absolute atomic E-state index is 12.9. The SMILES string of the molecule is C=CC(=O)OC(C)Oc1ccc(C(=O)Oc2ccccc2C(=O)Oc2ccc(C(=O)OCC3CC=CCC3)cc2)cc1. The molecule has 4 rings (SSSR count). The molecule has 0 amide bonds. The summed E-state index contributed by atoms with van der Waals surface area (Å²) in [5.41, 5.74) is 0.580. The number of para-hydroxylation sites is 1. The third-order valence-corrected chi connectivity index (χ3v) is 6.28. The summed E-state index contributed by atoms with van der Waals surface area (Å²) in [6, 6.07) is 18.2. The summed E-state index contributed by atoms with van der Waals surface area (Å²) in [6.45, 7) is 5.23. The maximum atomic E-state index is 12.9. The molecule has 9 heteroatoms. The molecule has 0 radical (unpaired) electrons. The standard InChI is InChI=1S/C33H30O9/c1-3-30(34)40-22(2)39-26-17-15-25(16-18-26)32(36)42-29-12-8-7-11-28(29)33(37)41-27-19-13-24(14-20-27)31(35)38-21-23-9-5-4-6-10-23/h3-5,7-8,11-20,22-23H,1,6,9-10,21H2,2H3. The first-order valence-electron chi connectivity index (χ1n) is 13.4. The molecule has 2 unspecified atom stereocenters. The minimum absolute atomic E-state index is 0.00976. The first-order chi connectivity index (χ1) is 20.3. The molecule has 0 heterocycles. The lowest BCUT2D eigenvalue weighted by atomic mass is 9.95. The average Bonchev–Trinajstić information content (AvgIpc) is 3.01. The maximum Gasteiger partial charge on any atom is 0.347 e. The molecule has 0 fully saturated rings. The summed E-state index contributed by atoms with van der Waals surface area (Å²) in [5, 5.41) is 0. The van der Waals surface area contributed by atoms with Crippen molar-refractivity contribution in [2.24, 2.45) is 5.92 Å². The Morgan fingerprint density at radius 3 is 2.17 bits per heavy atom. The van der Waals surface area contributed by atoms with Crippen LogP contribution in [0.15, 0.2) is 97.6 Å². The van der Waals surface area contributed by atoms with E-state index in [1.165, 1.54) is 60.7 Å². The highest BCUT2D eigenvalue weighted by Gasteiger charge is 2.19. The molecule has 0 spiro atoms. The van der Waals surface area contributed by atoms with E-state index in [1.54, 1.807) is 19.1 Å². The molecular formula is C33H30O9. The number of benzene rings is 3. The predicted octanol–water partition coefficient (Wildman–Crippen LogP) is 6.09. The molecular weight excluding hydrogens is 540 g/mol. The molecule has 0 N–H and O–H groups in total. The van der Waals surface area contributed by atoms with Crippen molar-refractivity contribution in [3.05, 3.63) is 114 Å². The van der Waals surface area contributed by atoms with Crippen LogP contribution in [0, 0.1) is 5.92 Å². The van der Waals surface area contributed by atoms with E-state index >= 15 is 0 Å². The van der Waals surface area contributed by atoms with Gasteiger partial charge in [0.25, 0.3) is 0 Å². The summed E-state index contributed by atoms with van der Waals surface area (Å²) >= 11 is 0. The van der Waals surface area contributed by atoms with Gasteiger partial charge in [-0.1, -0.05) is 30.9 Å². The Morgan fingerprint density at radius 1 is 0.833 bits per heavy atom. The smallest absolute Gasteiger partial charge is 0.347 e. The third-order valence-electron chi connectivity index (χ3n) is 6.28. The fourth-order valence-electron chi connectivity index (χ4n) is 4.09. The van der Waals surface area contributed by atoms with Crippen molar-refractivity contribution >= 4 is 23.9 Å². The van der Waals surface area contributed by atoms with Crippen LogP contribution in [-0.2, 0) is 14.3 Å². The fourth-order valence-corrected chi connectivity index (χ4v) is 4.09. The van der Waals surface area contributed by atoms with Crippen LogP contribution in [0.1, 0.15) is 57.3 Å². The van der Waals surface area contributed by atoms with Gasteiger partial charge in [-0.3, -0.25) is 0 Å². The number of esters is 4. The van der Waals surface area contributed by atoms with Crippen molar-refractivity contribution in [1.82, 2.24) is 0 Å². The van der Waals surface area contributed by atoms with Gasteiger partial charge < -0.3 is 23.7 Å². The number of hydrogen-bond donors (Lipinski definition) is 0. The zero-order chi connectivity index (χ0) is 29.9. The number of carbonyl (C=O) groups excluding carboxylic acids is 4. The van der Waals surface area contributed by atoms with Crippen LogP contribution in [0.5, 0.6) is 17.2 Å². The number of ether oxygens (including phenoxy) is 5. The van der Waals surface area contributed by atoms with Gasteiger partial charge in [0.2, 0.25) is 6.29 Å². The van der Waals surface area contributed by atoms with Gasteiger partial charge in [0.05, 0.1) is 17.7 Å². The van der Waals surface area contributed by atoms with E-state index in [2.05, 4.69) is 18.7 Å². The Bertz CT molecular complexity index is 1460. The van der Waals surface area contributed by atoms with Crippen LogP contribution in [0.25, 0.3) is 0 Å². The number of rotatable bonds is 11. The molecule has 2 atom stereocenters. The Balaban J connectivity index is 1.33. The summed E-state index contributed by atoms with van der Waals surface area (Å²) in [6.07, 6.45) is 7.28. The van der Waals surface area contributed by atoms with Gasteiger partial charge in [-0.25, -0.2) is 19.2 Å². The number of allylic oxidation sites excluding steroid dienone is 2. The summed E-state index contributed by atoms with van der Waals surface area (Å²) < 4.78 is 26.8. The molecule has 216 valence electrons. The van der Waals surface area contributed by atoms with Gasteiger partial charge in [-0.15, -0.1) is 0 Å². The summed E-state index contributed by atoms with van der Waals surface area (Å²) in [5.74, 6) is -1.61. The van der Waals surface area contributed by atoms with Crippen molar-refractivity contribution in [1.29, 1.82) is 0 Å². The first kappa shape index (κ1) is 29.8. The van der Waals surface area contributed by atoms with Gasteiger partial charge >= 0.3 is 23.9 Å². The molecule has 3 aromatic carbocycles. The van der Waals surface area contributed by atoms with Crippen LogP contribution in [0.3, 0.4) is 0 Å². The molecule has 1 aliphatic rings. The molecule has 0 aliphatic heterocycles. The third kappa shape index (κ3) is 8.41. The van der Waals surface area contributed by atoms with Crippen LogP contribution < -0.4 is 14.2 Å². The van der Waals surface area contributed by atoms with Gasteiger partial charge in [0.15, 0.2) is 0 Å². The Hall–Kier alpha value is -5.18. The van der Waals surface area contributed by atoms with E-state index in [-0.39, 0.29) is 22.6 Å². The van der Waals surface area contributed by atoms with Crippen LogP contribution >= 0.6 is 0 Å². The Labute approximate surface area is 243 Å². The Morgan fingerprint density at radius 2 is 1.50 bits per heavy atom. The monoisotopic (exact) mass is 570 g/mol. The Kier molecular flexibility index (Phi) is 10.3. The molecule has 0 bridgehead atoms. The van der Waals surface area contributed by atoms with Crippen molar-refractivity contribution in [2.45, 2.75) is 32.5 Å². The van der Waals surface area contributed by atoms with Crippen LogP contribution in [-0.4, -0.2) is 36.8 Å². The lowest BCUT2D eigenvalue weighted by Gasteiger charge is -2.17. The highest BCUT2D eigenvalue weighted by Crippen LogP contribution is 2.24. The normalized spacial score (nSPS) is 14.6. The lowest BCUT2D eigenvalue weighted by molar-refractivity contribution is -0.154. The fraction of sp³-hybridized carbons (Fsp3) is 0.212. The van der Waals surface area contributed by atoms with Crippen LogP contribution in [0.2, 0.25) is 0 Å². The topological polar surface area (TPSA) is 114 Å². The largest absolute Gasteiger partial charge is 0.462 e.